The predicted octanol–water partition coefficient (Wildman–Crippen LogP) is 3.97. The van der Waals surface area contributed by atoms with Crippen LogP contribution in [0.1, 0.15) is 17.5 Å². The van der Waals surface area contributed by atoms with Crippen molar-refractivity contribution in [2.45, 2.75) is 20.0 Å². The molecule has 2 aromatic heterocycles. The molecule has 0 bridgehead atoms. The maximum absolute atomic E-state index is 4.42. The summed E-state index contributed by atoms with van der Waals surface area (Å²) in [6.07, 6.45) is 1.86. The van der Waals surface area contributed by atoms with Crippen LogP contribution >= 0.6 is 27.3 Å². The number of thiophene rings is 1. The van der Waals surface area contributed by atoms with Gasteiger partial charge in [-0.2, -0.15) is 0 Å². The lowest BCUT2D eigenvalue weighted by atomic mass is 10.3. The number of aromatic nitrogens is 1. The highest BCUT2D eigenvalue weighted by Gasteiger charge is 2.05. The summed E-state index contributed by atoms with van der Waals surface area (Å²) >= 11 is 5.27. The summed E-state index contributed by atoms with van der Waals surface area (Å²) in [7, 11) is 2.12. The standard InChI is InChI=1S/C14H18BrN3S/c1-3-16-12-4-5-17-13(7-12)8-18(2)9-14-6-11(15)10-19-14/h4-7,10H,3,8-9H2,1-2H3,(H,16,17). The molecular formula is C14H18BrN3S. The number of halogens is 1. The van der Waals surface area contributed by atoms with Gasteiger partial charge in [0.2, 0.25) is 0 Å². The van der Waals surface area contributed by atoms with E-state index in [0.717, 1.165) is 35.5 Å². The van der Waals surface area contributed by atoms with Gasteiger partial charge in [0.05, 0.1) is 5.69 Å². The molecule has 0 radical (unpaired) electrons. The van der Waals surface area contributed by atoms with Crippen molar-refractivity contribution < 1.29 is 0 Å². The summed E-state index contributed by atoms with van der Waals surface area (Å²) in [5, 5.41) is 5.43. The third-order valence-electron chi connectivity index (χ3n) is 2.68. The molecule has 0 fully saturated rings. The molecular weight excluding hydrogens is 322 g/mol. The van der Waals surface area contributed by atoms with Crippen LogP contribution in [0.15, 0.2) is 34.2 Å². The number of rotatable bonds is 6. The summed E-state index contributed by atoms with van der Waals surface area (Å²) in [6, 6.07) is 6.29. The Labute approximate surface area is 126 Å². The lowest BCUT2D eigenvalue weighted by Gasteiger charge is -2.15. The topological polar surface area (TPSA) is 28.2 Å². The van der Waals surface area contributed by atoms with Crippen molar-refractivity contribution in [3.8, 4) is 0 Å². The zero-order chi connectivity index (χ0) is 13.7. The van der Waals surface area contributed by atoms with E-state index in [0.29, 0.717) is 0 Å². The zero-order valence-electron chi connectivity index (χ0n) is 11.2. The monoisotopic (exact) mass is 339 g/mol. The van der Waals surface area contributed by atoms with Gasteiger partial charge in [-0.1, -0.05) is 0 Å². The van der Waals surface area contributed by atoms with Gasteiger partial charge in [-0.25, -0.2) is 0 Å². The normalized spacial score (nSPS) is 10.9. The van der Waals surface area contributed by atoms with Crippen LogP contribution in [0.25, 0.3) is 0 Å². The quantitative estimate of drug-likeness (QED) is 0.862. The predicted molar refractivity (Wildman–Crippen MR) is 85.6 cm³/mol. The molecule has 1 N–H and O–H groups in total. The zero-order valence-corrected chi connectivity index (χ0v) is 13.6. The van der Waals surface area contributed by atoms with Crippen LogP contribution in [0, 0.1) is 0 Å². The molecule has 102 valence electrons. The van der Waals surface area contributed by atoms with Crippen molar-refractivity contribution >= 4 is 33.0 Å². The van der Waals surface area contributed by atoms with Crippen molar-refractivity contribution in [2.75, 3.05) is 18.9 Å². The molecule has 0 aliphatic heterocycles. The number of nitrogens with one attached hydrogen (secondary N) is 1. The van der Waals surface area contributed by atoms with Crippen molar-refractivity contribution in [3.05, 3.63) is 44.8 Å². The van der Waals surface area contributed by atoms with E-state index in [-0.39, 0.29) is 0 Å². The van der Waals surface area contributed by atoms with Crippen LogP contribution in [-0.2, 0) is 13.1 Å². The van der Waals surface area contributed by atoms with E-state index in [1.54, 1.807) is 11.3 Å². The first-order valence-corrected chi connectivity index (χ1v) is 7.95. The van der Waals surface area contributed by atoms with Crippen LogP contribution < -0.4 is 5.32 Å². The van der Waals surface area contributed by atoms with Gasteiger partial charge in [0, 0.05) is 46.2 Å². The van der Waals surface area contributed by atoms with E-state index in [1.165, 1.54) is 4.88 Å². The van der Waals surface area contributed by atoms with Gasteiger partial charge in [0.1, 0.15) is 0 Å². The summed E-state index contributed by atoms with van der Waals surface area (Å²) in [6.45, 7) is 4.83. The van der Waals surface area contributed by atoms with Crippen molar-refractivity contribution in [2.24, 2.45) is 0 Å². The highest BCUT2D eigenvalue weighted by atomic mass is 79.9. The highest BCUT2D eigenvalue weighted by molar-refractivity contribution is 9.10. The Hall–Kier alpha value is -0.910. The first kappa shape index (κ1) is 14.5. The number of hydrogen-bond donors (Lipinski definition) is 1. The summed E-state index contributed by atoms with van der Waals surface area (Å²) in [4.78, 5) is 8.05. The minimum atomic E-state index is 0.856. The average Bonchev–Trinajstić information content (AvgIpc) is 2.75. The second-order valence-corrected chi connectivity index (χ2v) is 6.38. The molecule has 2 heterocycles. The van der Waals surface area contributed by atoms with E-state index in [4.69, 9.17) is 0 Å². The fraction of sp³-hybridized carbons (Fsp3) is 0.357. The van der Waals surface area contributed by atoms with Gasteiger partial charge < -0.3 is 5.32 Å². The fourth-order valence-electron chi connectivity index (χ4n) is 1.91. The molecule has 5 heteroatoms. The van der Waals surface area contributed by atoms with Crippen LogP contribution in [0.3, 0.4) is 0 Å². The Morgan fingerprint density at radius 1 is 1.37 bits per heavy atom. The third-order valence-corrected chi connectivity index (χ3v) is 4.36. The van der Waals surface area contributed by atoms with Crippen molar-refractivity contribution in [1.29, 1.82) is 0 Å². The lowest BCUT2D eigenvalue weighted by Crippen LogP contribution is -2.17. The van der Waals surface area contributed by atoms with Crippen LogP contribution in [0.5, 0.6) is 0 Å². The number of hydrogen-bond acceptors (Lipinski definition) is 4. The first-order valence-electron chi connectivity index (χ1n) is 6.27. The minimum absolute atomic E-state index is 0.856. The Bertz CT molecular complexity index is 527. The van der Waals surface area contributed by atoms with E-state index in [9.17, 15) is 0 Å². The summed E-state index contributed by atoms with van der Waals surface area (Å²) in [5.41, 5.74) is 2.23. The van der Waals surface area contributed by atoms with Crippen LogP contribution in [0.4, 0.5) is 5.69 Å². The average molecular weight is 340 g/mol. The Morgan fingerprint density at radius 3 is 2.89 bits per heavy atom. The van der Waals surface area contributed by atoms with Gasteiger partial charge in [-0.05, 0) is 48.1 Å². The second kappa shape index (κ2) is 7.03. The van der Waals surface area contributed by atoms with Gasteiger partial charge in [-0.15, -0.1) is 11.3 Å². The van der Waals surface area contributed by atoms with Crippen LogP contribution in [0.2, 0.25) is 0 Å². The molecule has 2 aromatic rings. The van der Waals surface area contributed by atoms with Gasteiger partial charge >= 0.3 is 0 Å². The molecule has 19 heavy (non-hydrogen) atoms. The summed E-state index contributed by atoms with van der Waals surface area (Å²) < 4.78 is 1.16. The van der Waals surface area contributed by atoms with Crippen molar-refractivity contribution in [3.63, 3.8) is 0 Å². The van der Waals surface area contributed by atoms with Crippen LogP contribution in [-0.4, -0.2) is 23.5 Å². The Morgan fingerprint density at radius 2 is 2.21 bits per heavy atom. The minimum Gasteiger partial charge on any atom is -0.385 e. The Balaban J connectivity index is 1.94. The van der Waals surface area contributed by atoms with E-state index in [2.05, 4.69) is 62.6 Å². The largest absolute Gasteiger partial charge is 0.385 e. The molecule has 0 saturated carbocycles. The Kier molecular flexibility index (Phi) is 5.36. The van der Waals surface area contributed by atoms with Gasteiger partial charge in [-0.3, -0.25) is 9.88 Å². The smallest absolute Gasteiger partial charge is 0.0564 e. The number of anilines is 1. The third kappa shape index (κ3) is 4.60. The fourth-order valence-corrected chi connectivity index (χ4v) is 3.44. The molecule has 0 unspecified atom stereocenters. The second-order valence-electron chi connectivity index (χ2n) is 4.47. The molecule has 0 aliphatic rings. The van der Waals surface area contributed by atoms with Crippen molar-refractivity contribution in [1.82, 2.24) is 9.88 Å². The number of nitrogens with zero attached hydrogens (tertiary/aromatic N) is 2. The molecule has 0 amide bonds. The van der Waals surface area contributed by atoms with E-state index in [1.807, 2.05) is 12.3 Å². The molecule has 0 aliphatic carbocycles. The molecule has 2 rings (SSSR count). The molecule has 3 nitrogen and oxygen atoms in total. The maximum atomic E-state index is 4.42. The lowest BCUT2D eigenvalue weighted by molar-refractivity contribution is 0.318. The van der Waals surface area contributed by atoms with Gasteiger partial charge in [0.15, 0.2) is 0 Å². The van der Waals surface area contributed by atoms with E-state index < -0.39 is 0 Å². The first-order chi connectivity index (χ1) is 9.17. The SMILES string of the molecule is CCNc1ccnc(CN(C)Cc2cc(Br)cs2)c1. The van der Waals surface area contributed by atoms with Gasteiger partial charge in [0.25, 0.3) is 0 Å². The number of pyridine rings is 1. The molecule has 0 atom stereocenters. The maximum Gasteiger partial charge on any atom is 0.0564 e. The summed E-state index contributed by atoms with van der Waals surface area (Å²) in [5.74, 6) is 0. The molecule has 0 spiro atoms. The molecule has 0 aromatic carbocycles. The molecule has 0 saturated heterocycles. The highest BCUT2D eigenvalue weighted by Crippen LogP contribution is 2.21. The van der Waals surface area contributed by atoms with E-state index >= 15 is 0 Å².